The highest BCUT2D eigenvalue weighted by molar-refractivity contribution is 6.13. The number of nitrogens with one attached hydrogen (secondary N) is 1. The molecule has 3 aromatic heterocycles. The van der Waals surface area contributed by atoms with Crippen LogP contribution in [-0.2, 0) is 0 Å². The van der Waals surface area contributed by atoms with Gasteiger partial charge in [0.1, 0.15) is 5.82 Å². The number of pyridine rings is 2. The van der Waals surface area contributed by atoms with Crippen molar-refractivity contribution in [1.82, 2.24) is 19.5 Å². The Morgan fingerprint density at radius 1 is 1.17 bits per heavy atom. The van der Waals surface area contributed by atoms with E-state index in [1.54, 1.807) is 17.8 Å². The number of halogens is 1. The number of aliphatic hydroxyl groups excluding tert-OH is 1. The smallest absolute Gasteiger partial charge is 0.168 e. The third-order valence-corrected chi connectivity index (χ3v) is 10.0. The lowest BCUT2D eigenvalue weighted by molar-refractivity contribution is 0.0937. The van der Waals surface area contributed by atoms with Crippen LogP contribution in [0, 0.1) is 23.2 Å². The molecule has 2 fully saturated rings. The van der Waals surface area contributed by atoms with Crippen LogP contribution in [0.4, 0.5) is 4.39 Å². The largest absolute Gasteiger partial charge is 0.493 e. The van der Waals surface area contributed by atoms with Crippen LogP contribution in [0.5, 0.6) is 11.5 Å². The first kappa shape index (κ1) is 34.6. The predicted octanol–water partition coefficient (Wildman–Crippen LogP) is 7.22. The van der Waals surface area contributed by atoms with E-state index in [0.717, 1.165) is 74.7 Å². The molecule has 2 aliphatic rings. The molecule has 2 aliphatic carbocycles. The summed E-state index contributed by atoms with van der Waals surface area (Å²) in [6.45, 7) is 8.25. The Morgan fingerprint density at radius 2 is 1.94 bits per heavy atom. The second-order valence-electron chi connectivity index (χ2n) is 13.0. The van der Waals surface area contributed by atoms with Gasteiger partial charge < -0.3 is 14.6 Å². The molecule has 0 spiro atoms. The van der Waals surface area contributed by atoms with Crippen molar-refractivity contribution < 1.29 is 19.0 Å². The lowest BCUT2D eigenvalue weighted by Crippen LogP contribution is -2.47. The maximum absolute atomic E-state index is 13.6. The summed E-state index contributed by atoms with van der Waals surface area (Å²) in [5.74, 6) is 1.71. The molecular formula is C36H50FN7O3. The summed E-state index contributed by atoms with van der Waals surface area (Å²) < 4.78 is 27.3. The monoisotopic (exact) mass is 647 g/mol. The van der Waals surface area contributed by atoms with E-state index in [4.69, 9.17) is 20.0 Å². The first-order valence-electron chi connectivity index (χ1n) is 17.1. The van der Waals surface area contributed by atoms with Crippen LogP contribution in [0.3, 0.4) is 0 Å². The fourth-order valence-electron chi connectivity index (χ4n) is 7.84. The molecule has 2 saturated carbocycles. The fourth-order valence-corrected chi connectivity index (χ4v) is 7.84. The number of aliphatic imine (C=N–C) groups is 1. The minimum atomic E-state index is -0.830. The number of aromatic nitrogens is 3. The van der Waals surface area contributed by atoms with Gasteiger partial charge in [-0.25, -0.2) is 14.4 Å². The molecule has 254 valence electrons. The molecule has 5 rings (SSSR count). The summed E-state index contributed by atoms with van der Waals surface area (Å²) in [5.41, 5.74) is 12.9. The van der Waals surface area contributed by atoms with Crippen molar-refractivity contribution in [3.63, 3.8) is 0 Å². The number of aliphatic hydroxyl groups is 1. The second-order valence-corrected chi connectivity index (χ2v) is 13.0. The summed E-state index contributed by atoms with van der Waals surface area (Å²) in [6, 6.07) is 5.45. The van der Waals surface area contributed by atoms with Crippen molar-refractivity contribution in [3.05, 3.63) is 65.0 Å². The summed E-state index contributed by atoms with van der Waals surface area (Å²) >= 11 is 0. The van der Waals surface area contributed by atoms with Gasteiger partial charge in [0.15, 0.2) is 23.1 Å². The Bertz CT molecular complexity index is 1560. The normalized spacial score (nSPS) is 22.4. The van der Waals surface area contributed by atoms with Gasteiger partial charge in [0, 0.05) is 31.4 Å². The zero-order chi connectivity index (χ0) is 33.5. The molecule has 3 atom stereocenters. The van der Waals surface area contributed by atoms with Crippen molar-refractivity contribution in [2.75, 3.05) is 33.9 Å². The minimum Gasteiger partial charge on any atom is -0.493 e. The van der Waals surface area contributed by atoms with Gasteiger partial charge in [0.25, 0.3) is 0 Å². The fraction of sp³-hybridized carbons (Fsp3) is 0.583. The third kappa shape index (κ3) is 7.56. The molecule has 2 N–H and O–H groups in total. The maximum atomic E-state index is 13.6. The molecule has 2 unspecified atom stereocenters. The van der Waals surface area contributed by atoms with E-state index >= 15 is 0 Å². The summed E-state index contributed by atoms with van der Waals surface area (Å²) in [5, 5.41) is 18.8. The predicted molar refractivity (Wildman–Crippen MR) is 181 cm³/mol. The van der Waals surface area contributed by atoms with E-state index < -0.39 is 11.9 Å². The second kappa shape index (κ2) is 15.9. The molecule has 10 nitrogen and oxygen atoms in total. The number of rotatable bonds is 16. The van der Waals surface area contributed by atoms with Crippen LogP contribution in [0.25, 0.3) is 5.52 Å². The molecule has 0 aliphatic heterocycles. The number of allylic oxidation sites excluding steroid dienone is 1. The van der Waals surface area contributed by atoms with E-state index in [1.807, 2.05) is 19.3 Å². The standard InChI is InChI=1S/C36H50FN7O3/c1-6-8-9-26(20-43(14-7-2)35-24-10-11-25(35)16-29(15-24)42-38)23(3)34(39-4)27-17-31(36-32(46-5)19-41-44(36)21-27)47-33(22-45)30-13-12-28(37)18-40-30/h12-13,17-19,21,24-25,29,33,35,38,45H,6-11,14-16,20,22H2,1-5H3/b26-23+,39-34?,42-38?/t24?,25?,29?,33-,35?/m1/s1. The first-order chi connectivity index (χ1) is 22.8. The van der Waals surface area contributed by atoms with E-state index in [0.29, 0.717) is 40.6 Å². The SMILES string of the molecule is CCCC/C(CN(CCC)C1C2CCC1CC(N=N)C2)=C(/C)C(=NC)c1cc(O[C@H](CO)c2ccc(F)cn2)c2c(OC)cnn2c1. The molecule has 0 amide bonds. The van der Waals surface area contributed by atoms with E-state index in [9.17, 15) is 9.50 Å². The van der Waals surface area contributed by atoms with Crippen LogP contribution < -0.4 is 9.47 Å². The van der Waals surface area contributed by atoms with Gasteiger partial charge in [-0.2, -0.15) is 10.2 Å². The van der Waals surface area contributed by atoms with Crippen LogP contribution in [-0.4, -0.2) is 76.3 Å². The van der Waals surface area contributed by atoms with Gasteiger partial charge in [-0.05, 0) is 94.0 Å². The maximum Gasteiger partial charge on any atom is 0.168 e. The number of hydrogen-bond donors (Lipinski definition) is 2. The average Bonchev–Trinajstić information content (AvgIpc) is 3.62. The summed E-state index contributed by atoms with van der Waals surface area (Å²) in [7, 11) is 3.40. The van der Waals surface area contributed by atoms with E-state index in [2.05, 4.69) is 40.9 Å². The van der Waals surface area contributed by atoms with Crippen LogP contribution in [0.2, 0.25) is 0 Å². The molecule has 11 heteroatoms. The molecule has 0 radical (unpaired) electrons. The van der Waals surface area contributed by atoms with Gasteiger partial charge in [0.2, 0.25) is 0 Å². The molecule has 3 aromatic rings. The molecule has 3 heterocycles. The first-order valence-corrected chi connectivity index (χ1v) is 17.1. The topological polar surface area (TPSA) is 121 Å². The quantitative estimate of drug-likeness (QED) is 0.125. The van der Waals surface area contributed by atoms with Crippen LogP contribution in [0.1, 0.15) is 89.5 Å². The Balaban J connectivity index is 1.52. The lowest BCUT2D eigenvalue weighted by Gasteiger charge is -2.42. The van der Waals surface area contributed by atoms with Crippen molar-refractivity contribution in [2.24, 2.45) is 21.9 Å². The van der Waals surface area contributed by atoms with Crippen molar-refractivity contribution in [2.45, 2.75) is 90.3 Å². The molecular weight excluding hydrogens is 597 g/mol. The van der Waals surface area contributed by atoms with Crippen molar-refractivity contribution in [1.29, 1.82) is 5.53 Å². The number of ether oxygens (including phenoxy) is 2. The van der Waals surface area contributed by atoms with Crippen LogP contribution in [0.15, 0.2) is 58.0 Å². The summed E-state index contributed by atoms with van der Waals surface area (Å²) in [4.78, 5) is 11.7. The van der Waals surface area contributed by atoms with Gasteiger partial charge in [-0.3, -0.25) is 14.9 Å². The van der Waals surface area contributed by atoms with E-state index in [-0.39, 0.29) is 12.6 Å². The highest BCUT2D eigenvalue weighted by Gasteiger charge is 2.45. The van der Waals surface area contributed by atoms with Crippen molar-refractivity contribution >= 4 is 11.2 Å². The zero-order valence-electron chi connectivity index (χ0n) is 28.5. The lowest BCUT2D eigenvalue weighted by atomic mass is 9.80. The number of nitrogens with zero attached hydrogens (tertiary/aromatic N) is 6. The Kier molecular flexibility index (Phi) is 11.7. The zero-order valence-corrected chi connectivity index (χ0v) is 28.5. The van der Waals surface area contributed by atoms with Gasteiger partial charge in [0.05, 0.1) is 43.6 Å². The number of methoxy groups -OCH3 is 1. The molecule has 2 bridgehead atoms. The molecule has 47 heavy (non-hydrogen) atoms. The number of hydrogen-bond acceptors (Lipinski definition) is 9. The highest BCUT2D eigenvalue weighted by atomic mass is 19.1. The number of unbranched alkanes of at least 4 members (excludes halogenated alkanes) is 1. The Labute approximate surface area is 277 Å². The van der Waals surface area contributed by atoms with Crippen LogP contribution >= 0.6 is 0 Å². The van der Waals surface area contributed by atoms with Gasteiger partial charge in [-0.15, -0.1) is 0 Å². The van der Waals surface area contributed by atoms with E-state index in [1.165, 1.54) is 30.5 Å². The average molecular weight is 648 g/mol. The molecule has 0 aromatic carbocycles. The molecule has 0 saturated heterocycles. The summed E-state index contributed by atoms with van der Waals surface area (Å²) in [6.07, 6.45) is 12.6. The Hall–Kier alpha value is -3.70. The number of fused-ring (bicyclic) bond motifs is 3. The Morgan fingerprint density at radius 3 is 2.53 bits per heavy atom. The van der Waals surface area contributed by atoms with Gasteiger partial charge in [-0.1, -0.05) is 25.8 Å². The van der Waals surface area contributed by atoms with Gasteiger partial charge >= 0.3 is 0 Å². The highest BCUT2D eigenvalue weighted by Crippen LogP contribution is 2.46. The minimum absolute atomic E-state index is 0.180. The van der Waals surface area contributed by atoms with Crippen molar-refractivity contribution in [3.8, 4) is 11.5 Å². The third-order valence-electron chi connectivity index (χ3n) is 10.0.